The standard InChI is InChI=1S/C16H24N2O/c1-5-9-13(2)16(19)17-12-15(18(3)4)14-10-7-6-8-11-14/h6-11,15H,5,12H2,1-4H3,(H,17,19)/b13-9-/t15-/m1/s1. The molecule has 0 fully saturated rings. The maximum absolute atomic E-state index is 11.9. The Labute approximate surface area is 116 Å². The van der Waals surface area contributed by atoms with Gasteiger partial charge in [-0.2, -0.15) is 0 Å². The maximum atomic E-state index is 11.9. The van der Waals surface area contributed by atoms with Crippen LogP contribution in [0.5, 0.6) is 0 Å². The zero-order valence-electron chi connectivity index (χ0n) is 12.3. The summed E-state index contributed by atoms with van der Waals surface area (Å²) in [6, 6.07) is 10.4. The van der Waals surface area contributed by atoms with Gasteiger partial charge in [-0.3, -0.25) is 4.79 Å². The topological polar surface area (TPSA) is 32.3 Å². The van der Waals surface area contributed by atoms with Crippen LogP contribution in [0, 0.1) is 0 Å². The second kappa shape index (κ2) is 7.74. The molecule has 1 aromatic carbocycles. The molecule has 104 valence electrons. The summed E-state index contributed by atoms with van der Waals surface area (Å²) in [5.74, 6) is 0.0182. The number of carbonyl (C=O) groups is 1. The largest absolute Gasteiger partial charge is 0.350 e. The van der Waals surface area contributed by atoms with Crippen molar-refractivity contribution in [3.05, 3.63) is 47.5 Å². The van der Waals surface area contributed by atoms with E-state index in [9.17, 15) is 4.79 Å². The number of allylic oxidation sites excluding steroid dienone is 1. The van der Waals surface area contributed by atoms with Gasteiger partial charge >= 0.3 is 0 Å². The number of hydrogen-bond acceptors (Lipinski definition) is 2. The van der Waals surface area contributed by atoms with Gasteiger partial charge in [0.1, 0.15) is 0 Å². The molecular weight excluding hydrogens is 236 g/mol. The zero-order valence-corrected chi connectivity index (χ0v) is 12.3. The Morgan fingerprint density at radius 2 is 1.95 bits per heavy atom. The number of nitrogens with zero attached hydrogens (tertiary/aromatic N) is 1. The first-order valence-corrected chi connectivity index (χ1v) is 6.72. The van der Waals surface area contributed by atoms with Gasteiger partial charge in [0, 0.05) is 12.1 Å². The SMILES string of the molecule is CC/C=C(/C)C(=O)NC[C@H](c1ccccc1)N(C)C. The summed E-state index contributed by atoms with van der Waals surface area (Å²) in [7, 11) is 4.05. The van der Waals surface area contributed by atoms with E-state index in [1.807, 2.05) is 52.2 Å². The van der Waals surface area contributed by atoms with Crippen molar-refractivity contribution in [3.63, 3.8) is 0 Å². The van der Waals surface area contributed by atoms with Crippen LogP contribution in [-0.4, -0.2) is 31.4 Å². The lowest BCUT2D eigenvalue weighted by Gasteiger charge is -2.25. The molecule has 0 aliphatic heterocycles. The van der Waals surface area contributed by atoms with Crippen molar-refractivity contribution in [3.8, 4) is 0 Å². The number of likely N-dealkylation sites (N-methyl/N-ethyl adjacent to an activating group) is 1. The maximum Gasteiger partial charge on any atom is 0.246 e. The molecular formula is C16H24N2O. The molecule has 1 atom stereocenters. The van der Waals surface area contributed by atoms with Crippen LogP contribution in [0.25, 0.3) is 0 Å². The van der Waals surface area contributed by atoms with E-state index in [4.69, 9.17) is 0 Å². The van der Waals surface area contributed by atoms with E-state index < -0.39 is 0 Å². The minimum absolute atomic E-state index is 0.0182. The Morgan fingerprint density at radius 3 is 2.47 bits per heavy atom. The molecule has 0 spiro atoms. The fourth-order valence-corrected chi connectivity index (χ4v) is 2.00. The molecule has 3 heteroatoms. The molecule has 0 heterocycles. The van der Waals surface area contributed by atoms with Crippen LogP contribution >= 0.6 is 0 Å². The normalized spacial score (nSPS) is 13.4. The summed E-state index contributed by atoms with van der Waals surface area (Å²) in [5.41, 5.74) is 2.00. The van der Waals surface area contributed by atoms with E-state index in [1.165, 1.54) is 5.56 Å². The summed E-state index contributed by atoms with van der Waals surface area (Å²) in [6.07, 6.45) is 2.83. The van der Waals surface area contributed by atoms with Crippen LogP contribution in [0.2, 0.25) is 0 Å². The Balaban J connectivity index is 2.67. The van der Waals surface area contributed by atoms with Crippen molar-refractivity contribution in [1.82, 2.24) is 10.2 Å². The molecule has 1 amide bonds. The Bertz CT molecular complexity index is 424. The first-order valence-electron chi connectivity index (χ1n) is 6.72. The molecule has 0 bridgehead atoms. The molecule has 3 nitrogen and oxygen atoms in total. The van der Waals surface area contributed by atoms with Gasteiger partial charge in [-0.25, -0.2) is 0 Å². The first kappa shape index (κ1) is 15.4. The highest BCUT2D eigenvalue weighted by molar-refractivity contribution is 5.92. The summed E-state index contributed by atoms with van der Waals surface area (Å²) in [4.78, 5) is 14.0. The summed E-state index contributed by atoms with van der Waals surface area (Å²) in [6.45, 7) is 4.50. The van der Waals surface area contributed by atoms with Crippen LogP contribution in [0.15, 0.2) is 42.0 Å². The third-order valence-corrected chi connectivity index (χ3v) is 3.13. The van der Waals surface area contributed by atoms with Gasteiger partial charge in [-0.15, -0.1) is 0 Å². The lowest BCUT2D eigenvalue weighted by atomic mass is 10.1. The van der Waals surface area contributed by atoms with Gasteiger partial charge in [0.05, 0.1) is 6.04 Å². The third kappa shape index (κ3) is 4.87. The Hall–Kier alpha value is -1.61. The van der Waals surface area contributed by atoms with Crippen molar-refractivity contribution in [2.45, 2.75) is 26.3 Å². The quantitative estimate of drug-likeness (QED) is 0.798. The smallest absolute Gasteiger partial charge is 0.246 e. The molecule has 0 saturated carbocycles. The van der Waals surface area contributed by atoms with Crippen molar-refractivity contribution < 1.29 is 4.79 Å². The molecule has 0 radical (unpaired) electrons. The number of hydrogen-bond donors (Lipinski definition) is 1. The number of rotatable bonds is 6. The second-order valence-corrected chi connectivity index (χ2v) is 4.90. The molecule has 1 rings (SSSR count). The summed E-state index contributed by atoms with van der Waals surface area (Å²) >= 11 is 0. The van der Waals surface area contributed by atoms with Gasteiger partial charge in [-0.1, -0.05) is 43.3 Å². The van der Waals surface area contributed by atoms with Gasteiger partial charge in [0.15, 0.2) is 0 Å². The molecule has 0 saturated heterocycles. The van der Waals surface area contributed by atoms with Crippen LogP contribution in [0.4, 0.5) is 0 Å². The second-order valence-electron chi connectivity index (χ2n) is 4.90. The van der Waals surface area contributed by atoms with Crippen LogP contribution in [-0.2, 0) is 4.79 Å². The van der Waals surface area contributed by atoms with Crippen molar-refractivity contribution in [2.75, 3.05) is 20.6 Å². The van der Waals surface area contributed by atoms with Gasteiger partial charge in [0.25, 0.3) is 0 Å². The third-order valence-electron chi connectivity index (χ3n) is 3.13. The fourth-order valence-electron chi connectivity index (χ4n) is 2.00. The lowest BCUT2D eigenvalue weighted by Crippen LogP contribution is -2.34. The predicted molar refractivity (Wildman–Crippen MR) is 79.9 cm³/mol. The highest BCUT2D eigenvalue weighted by atomic mass is 16.1. The van der Waals surface area contributed by atoms with E-state index in [0.29, 0.717) is 6.54 Å². The fraction of sp³-hybridized carbons (Fsp3) is 0.438. The van der Waals surface area contributed by atoms with Crippen molar-refractivity contribution in [1.29, 1.82) is 0 Å². The van der Waals surface area contributed by atoms with Gasteiger partial charge < -0.3 is 10.2 Å². The number of amides is 1. The summed E-state index contributed by atoms with van der Waals surface area (Å²) < 4.78 is 0. The molecule has 0 unspecified atom stereocenters. The predicted octanol–water partition coefficient (Wildman–Crippen LogP) is 2.76. The van der Waals surface area contributed by atoms with E-state index in [0.717, 1.165) is 12.0 Å². The monoisotopic (exact) mass is 260 g/mol. The Kier molecular flexibility index (Phi) is 6.30. The van der Waals surface area contributed by atoms with Gasteiger partial charge in [-0.05, 0) is 33.0 Å². The molecule has 19 heavy (non-hydrogen) atoms. The number of benzene rings is 1. The molecule has 1 N–H and O–H groups in total. The molecule has 0 aromatic heterocycles. The van der Waals surface area contributed by atoms with E-state index >= 15 is 0 Å². The van der Waals surface area contributed by atoms with Crippen molar-refractivity contribution in [2.24, 2.45) is 0 Å². The summed E-state index contributed by atoms with van der Waals surface area (Å²) in [5, 5.41) is 3.00. The van der Waals surface area contributed by atoms with Gasteiger partial charge in [0.2, 0.25) is 5.91 Å². The minimum Gasteiger partial charge on any atom is -0.350 e. The van der Waals surface area contributed by atoms with E-state index in [-0.39, 0.29) is 11.9 Å². The molecule has 1 aromatic rings. The van der Waals surface area contributed by atoms with Crippen LogP contribution in [0.3, 0.4) is 0 Å². The minimum atomic E-state index is 0.0182. The zero-order chi connectivity index (χ0) is 14.3. The average Bonchev–Trinajstić information content (AvgIpc) is 2.39. The lowest BCUT2D eigenvalue weighted by molar-refractivity contribution is -0.117. The van der Waals surface area contributed by atoms with E-state index in [2.05, 4.69) is 22.3 Å². The number of nitrogens with one attached hydrogen (secondary N) is 1. The molecule has 0 aliphatic rings. The first-order chi connectivity index (χ1) is 9.06. The van der Waals surface area contributed by atoms with E-state index in [1.54, 1.807) is 0 Å². The highest BCUT2D eigenvalue weighted by Crippen LogP contribution is 2.16. The van der Waals surface area contributed by atoms with Crippen LogP contribution in [0.1, 0.15) is 31.9 Å². The highest BCUT2D eigenvalue weighted by Gasteiger charge is 2.15. The molecule has 0 aliphatic carbocycles. The number of carbonyl (C=O) groups excluding carboxylic acids is 1. The van der Waals surface area contributed by atoms with Crippen molar-refractivity contribution >= 4 is 5.91 Å². The average molecular weight is 260 g/mol. The Morgan fingerprint density at radius 1 is 1.32 bits per heavy atom. The van der Waals surface area contributed by atoms with Crippen LogP contribution < -0.4 is 5.32 Å².